The van der Waals surface area contributed by atoms with Crippen molar-refractivity contribution in [3.63, 3.8) is 0 Å². The minimum Gasteiger partial charge on any atom is -0.331 e. The first-order valence-electron chi connectivity index (χ1n) is 8.48. The van der Waals surface area contributed by atoms with Gasteiger partial charge in [-0.25, -0.2) is 15.0 Å². The summed E-state index contributed by atoms with van der Waals surface area (Å²) in [4.78, 5) is 14.5. The molecule has 0 saturated heterocycles. The van der Waals surface area contributed by atoms with Crippen molar-refractivity contribution in [2.24, 2.45) is 4.99 Å². The van der Waals surface area contributed by atoms with E-state index in [9.17, 15) is 0 Å². The monoisotopic (exact) mass is 430 g/mol. The zero-order valence-electron chi connectivity index (χ0n) is 15.4. The highest BCUT2D eigenvalue weighted by atomic mass is 35.5. The number of hydrogen-bond acceptors (Lipinski definition) is 5. The van der Waals surface area contributed by atoms with E-state index in [2.05, 4.69) is 30.9 Å². The summed E-state index contributed by atoms with van der Waals surface area (Å²) in [5.41, 5.74) is 2.44. The van der Waals surface area contributed by atoms with Crippen molar-refractivity contribution in [1.29, 1.82) is 0 Å². The highest BCUT2D eigenvalue weighted by Gasteiger charge is 2.08. The molecule has 0 aliphatic rings. The van der Waals surface area contributed by atoms with E-state index in [-0.39, 0.29) is 0 Å². The molecule has 144 valence electrons. The fourth-order valence-electron chi connectivity index (χ4n) is 2.38. The molecule has 0 bridgehead atoms. The van der Waals surface area contributed by atoms with Gasteiger partial charge in [0.15, 0.2) is 5.11 Å². The number of thiophene rings is 1. The Hall–Kier alpha value is -2.55. The van der Waals surface area contributed by atoms with E-state index in [0.29, 0.717) is 34.3 Å². The van der Waals surface area contributed by atoms with Crippen LogP contribution in [-0.2, 0) is 6.54 Å². The smallest absolute Gasteiger partial charge is 0.229 e. The molecule has 0 atom stereocenters. The summed E-state index contributed by atoms with van der Waals surface area (Å²) < 4.78 is 0. The van der Waals surface area contributed by atoms with E-state index < -0.39 is 0 Å². The van der Waals surface area contributed by atoms with Crippen LogP contribution in [0.25, 0.3) is 0 Å². The second-order valence-corrected chi connectivity index (χ2v) is 7.75. The number of thiocarbonyl (C=S) groups is 1. The number of aromatic nitrogens is 2. The number of rotatable bonds is 4. The van der Waals surface area contributed by atoms with Gasteiger partial charge in [-0.2, -0.15) is 0 Å². The van der Waals surface area contributed by atoms with Gasteiger partial charge < -0.3 is 10.6 Å². The number of benzene rings is 1. The summed E-state index contributed by atoms with van der Waals surface area (Å²) in [7, 11) is 0. The first-order chi connectivity index (χ1) is 13.5. The lowest BCUT2D eigenvalue weighted by Crippen LogP contribution is -2.39. The van der Waals surface area contributed by atoms with Crippen molar-refractivity contribution >= 4 is 57.9 Å². The quantitative estimate of drug-likeness (QED) is 0.314. The van der Waals surface area contributed by atoms with E-state index >= 15 is 0 Å². The van der Waals surface area contributed by atoms with E-state index in [1.807, 2.05) is 55.6 Å². The van der Waals surface area contributed by atoms with Crippen LogP contribution in [0, 0.1) is 13.8 Å². The van der Waals surface area contributed by atoms with Crippen molar-refractivity contribution < 1.29 is 0 Å². The molecule has 3 N–H and O–H groups in total. The van der Waals surface area contributed by atoms with Crippen molar-refractivity contribution in [2.45, 2.75) is 20.4 Å². The van der Waals surface area contributed by atoms with Crippen LogP contribution in [-0.4, -0.2) is 21.0 Å². The minimum absolute atomic E-state index is 0.356. The molecule has 0 aliphatic heterocycles. The fraction of sp³-hybridized carbons (Fsp3) is 0.158. The Kier molecular flexibility index (Phi) is 6.91. The van der Waals surface area contributed by atoms with Gasteiger partial charge in [0.1, 0.15) is 0 Å². The fourth-order valence-corrected chi connectivity index (χ4v) is 3.40. The number of nitrogens with zero attached hydrogens (tertiary/aromatic N) is 3. The maximum atomic E-state index is 6.18. The number of halogens is 1. The van der Waals surface area contributed by atoms with E-state index in [4.69, 9.17) is 23.8 Å². The molecule has 0 radical (unpaired) electrons. The van der Waals surface area contributed by atoms with E-state index in [1.165, 1.54) is 0 Å². The molecule has 28 heavy (non-hydrogen) atoms. The zero-order chi connectivity index (χ0) is 19.9. The molecular weight excluding hydrogens is 412 g/mol. The molecule has 6 nitrogen and oxygen atoms in total. The number of guanidine groups is 1. The highest BCUT2D eigenvalue weighted by molar-refractivity contribution is 7.80. The molecule has 0 saturated carbocycles. The van der Waals surface area contributed by atoms with Gasteiger partial charge in [0.25, 0.3) is 0 Å². The second-order valence-electron chi connectivity index (χ2n) is 5.90. The second kappa shape index (κ2) is 9.59. The van der Waals surface area contributed by atoms with Crippen molar-refractivity contribution in [3.8, 4) is 0 Å². The van der Waals surface area contributed by atoms with Gasteiger partial charge in [-0.1, -0.05) is 29.8 Å². The molecule has 2 aromatic heterocycles. The molecule has 0 unspecified atom stereocenters. The molecule has 0 spiro atoms. The topological polar surface area (TPSA) is 74.2 Å². The van der Waals surface area contributed by atoms with E-state index in [0.717, 1.165) is 16.3 Å². The largest absolute Gasteiger partial charge is 0.331 e. The summed E-state index contributed by atoms with van der Waals surface area (Å²) in [6.07, 6.45) is 0. The van der Waals surface area contributed by atoms with Gasteiger partial charge >= 0.3 is 0 Å². The van der Waals surface area contributed by atoms with E-state index in [1.54, 1.807) is 17.4 Å². The lowest BCUT2D eigenvalue weighted by Gasteiger charge is -2.14. The van der Waals surface area contributed by atoms with Crippen molar-refractivity contribution in [1.82, 2.24) is 15.3 Å². The third-order valence-electron chi connectivity index (χ3n) is 3.54. The van der Waals surface area contributed by atoms with Gasteiger partial charge in [-0.3, -0.25) is 5.32 Å². The highest BCUT2D eigenvalue weighted by Crippen LogP contribution is 2.20. The third-order valence-corrected chi connectivity index (χ3v) is 4.93. The SMILES string of the molecule is Cc1cc(C)nc(NC(=NCc2cccs2)NC(=S)Nc2ccccc2Cl)n1. The van der Waals surface area contributed by atoms with Gasteiger partial charge in [-0.05, 0) is 55.7 Å². The summed E-state index contributed by atoms with van der Waals surface area (Å²) in [6.45, 7) is 4.34. The lowest BCUT2D eigenvalue weighted by atomic mass is 10.3. The van der Waals surface area contributed by atoms with Crippen molar-refractivity contribution in [2.75, 3.05) is 10.6 Å². The standard InChI is InChI=1S/C19H19ClN6S2/c1-12-10-13(2)23-18(22-12)25-17(21-11-14-6-5-9-28-14)26-19(27)24-16-8-4-3-7-15(16)20/h3-10H,11H2,1-2H3,(H3,21,22,23,24,25,26,27). The summed E-state index contributed by atoms with van der Waals surface area (Å²) in [6, 6.07) is 13.3. The van der Waals surface area contributed by atoms with Gasteiger partial charge in [0.05, 0.1) is 17.3 Å². The Labute approximate surface area is 178 Å². The number of nitrogens with one attached hydrogen (secondary N) is 3. The first kappa shape index (κ1) is 20.2. The third kappa shape index (κ3) is 5.98. The van der Waals surface area contributed by atoms with Gasteiger partial charge in [-0.15, -0.1) is 11.3 Å². The normalized spacial score (nSPS) is 11.2. The molecule has 9 heteroatoms. The van der Waals surface area contributed by atoms with Crippen LogP contribution in [0.5, 0.6) is 0 Å². The Morgan fingerprint density at radius 1 is 1.11 bits per heavy atom. The van der Waals surface area contributed by atoms with Crippen LogP contribution in [0.1, 0.15) is 16.3 Å². The Balaban J connectivity index is 1.76. The Morgan fingerprint density at radius 2 is 1.86 bits per heavy atom. The number of aryl methyl sites for hydroxylation is 2. The van der Waals surface area contributed by atoms with Gasteiger partial charge in [0, 0.05) is 16.3 Å². The number of anilines is 2. The summed E-state index contributed by atoms with van der Waals surface area (Å²) in [5.74, 6) is 0.901. The van der Waals surface area contributed by atoms with Crippen molar-refractivity contribution in [3.05, 3.63) is 69.1 Å². The molecule has 0 amide bonds. The lowest BCUT2D eigenvalue weighted by molar-refractivity contribution is 1.04. The van der Waals surface area contributed by atoms with Crippen LogP contribution >= 0.6 is 35.2 Å². The average Bonchev–Trinajstić information content (AvgIpc) is 3.14. The van der Waals surface area contributed by atoms with Crippen LogP contribution < -0.4 is 16.0 Å². The minimum atomic E-state index is 0.356. The first-order valence-corrected chi connectivity index (χ1v) is 10.1. The Bertz CT molecular complexity index is 968. The predicted octanol–water partition coefficient (Wildman–Crippen LogP) is 4.76. The summed E-state index contributed by atoms with van der Waals surface area (Å²) >= 11 is 13.2. The maximum Gasteiger partial charge on any atom is 0.229 e. The van der Waals surface area contributed by atoms with Crippen LogP contribution in [0.2, 0.25) is 5.02 Å². The molecule has 0 fully saturated rings. The molecule has 1 aromatic carbocycles. The van der Waals surface area contributed by atoms with Crippen LogP contribution in [0.3, 0.4) is 0 Å². The number of hydrogen-bond donors (Lipinski definition) is 3. The van der Waals surface area contributed by atoms with Crippen LogP contribution in [0.15, 0.2) is 52.8 Å². The molecule has 3 aromatic rings. The Morgan fingerprint density at radius 3 is 2.54 bits per heavy atom. The predicted molar refractivity (Wildman–Crippen MR) is 121 cm³/mol. The maximum absolute atomic E-state index is 6.18. The number of para-hydroxylation sites is 1. The van der Waals surface area contributed by atoms with Gasteiger partial charge in [0.2, 0.25) is 11.9 Å². The summed E-state index contributed by atoms with van der Waals surface area (Å²) in [5, 5.41) is 12.2. The number of aliphatic imine (C=N–C) groups is 1. The molecule has 0 aliphatic carbocycles. The average molecular weight is 431 g/mol. The molecule has 2 heterocycles. The molecule has 3 rings (SSSR count). The molecular formula is C19H19ClN6S2. The van der Waals surface area contributed by atoms with Crippen LogP contribution in [0.4, 0.5) is 11.6 Å². The zero-order valence-corrected chi connectivity index (χ0v) is 17.8.